The molecular weight excluding hydrogens is 314 g/mol. The lowest BCUT2D eigenvalue weighted by Crippen LogP contribution is -2.61. The van der Waals surface area contributed by atoms with Crippen LogP contribution in [0.2, 0.25) is 0 Å². The van der Waals surface area contributed by atoms with Crippen LogP contribution in [0.15, 0.2) is 27.4 Å². The Balaban J connectivity index is 1.43. The van der Waals surface area contributed by atoms with Gasteiger partial charge in [-0.1, -0.05) is 0 Å². The number of rotatable bonds is 2. The quantitative estimate of drug-likeness (QED) is 0.847. The monoisotopic (exact) mass is 331 g/mol. The molecule has 2 aromatic heterocycles. The number of thiazole rings is 1. The predicted octanol–water partition coefficient (Wildman–Crippen LogP) is 2.82. The van der Waals surface area contributed by atoms with E-state index in [0.717, 1.165) is 38.2 Å². The predicted molar refractivity (Wildman–Crippen MR) is 85.5 cm³/mol. The van der Waals surface area contributed by atoms with Crippen LogP contribution in [0.25, 0.3) is 11.5 Å². The Morgan fingerprint density at radius 2 is 2.13 bits per heavy atom. The standard InChI is InChI=1S/C16H17N3O3S/c20-15-19(14-2-1-13(21-14)12-7-23-10-17-12)9-16(22-15)8-18-5-3-11(16)4-6-18/h1-2,7,10-11H,3-6,8-9H2. The summed E-state index contributed by atoms with van der Waals surface area (Å²) in [6.07, 6.45) is 1.94. The van der Waals surface area contributed by atoms with Crippen LogP contribution in [0.5, 0.6) is 0 Å². The van der Waals surface area contributed by atoms with Gasteiger partial charge >= 0.3 is 6.09 Å². The fourth-order valence-corrected chi connectivity index (χ4v) is 4.67. The van der Waals surface area contributed by atoms with Gasteiger partial charge in [-0.3, -0.25) is 4.90 Å². The van der Waals surface area contributed by atoms with Gasteiger partial charge in [-0.2, -0.15) is 0 Å². The van der Waals surface area contributed by atoms with Gasteiger partial charge in [0.15, 0.2) is 5.76 Å². The topological polar surface area (TPSA) is 58.8 Å². The zero-order valence-corrected chi connectivity index (χ0v) is 13.4. The van der Waals surface area contributed by atoms with E-state index in [0.29, 0.717) is 24.1 Å². The van der Waals surface area contributed by atoms with E-state index < -0.39 is 0 Å². The minimum atomic E-state index is -0.360. The van der Waals surface area contributed by atoms with Crippen molar-refractivity contribution in [1.29, 1.82) is 0 Å². The Morgan fingerprint density at radius 1 is 1.26 bits per heavy atom. The van der Waals surface area contributed by atoms with Crippen molar-refractivity contribution >= 4 is 23.3 Å². The molecule has 7 heteroatoms. The molecule has 4 aliphatic rings. The molecule has 2 bridgehead atoms. The van der Waals surface area contributed by atoms with Crippen LogP contribution in [0.1, 0.15) is 12.8 Å². The van der Waals surface area contributed by atoms with Gasteiger partial charge in [0.1, 0.15) is 11.3 Å². The number of aromatic nitrogens is 1. The van der Waals surface area contributed by atoms with E-state index in [1.54, 1.807) is 10.4 Å². The Kier molecular flexibility index (Phi) is 2.84. The Bertz CT molecular complexity index is 736. The van der Waals surface area contributed by atoms with Gasteiger partial charge in [-0.05, 0) is 32.0 Å². The van der Waals surface area contributed by atoms with Crippen molar-refractivity contribution < 1.29 is 13.9 Å². The van der Waals surface area contributed by atoms with Crippen molar-refractivity contribution in [2.24, 2.45) is 5.92 Å². The Morgan fingerprint density at radius 3 is 2.83 bits per heavy atom. The highest BCUT2D eigenvalue weighted by Gasteiger charge is 2.56. The number of hydrogen-bond donors (Lipinski definition) is 0. The number of carbonyl (C=O) groups is 1. The van der Waals surface area contributed by atoms with Crippen LogP contribution in [-0.4, -0.2) is 47.8 Å². The Hall–Kier alpha value is -1.86. The van der Waals surface area contributed by atoms with E-state index in [1.165, 1.54) is 11.3 Å². The van der Waals surface area contributed by atoms with Gasteiger partial charge in [0.2, 0.25) is 5.88 Å². The number of carbonyl (C=O) groups excluding carboxylic acids is 1. The van der Waals surface area contributed by atoms with Crippen LogP contribution in [0.3, 0.4) is 0 Å². The molecule has 1 spiro atoms. The third-order valence-electron chi connectivity index (χ3n) is 5.30. The summed E-state index contributed by atoms with van der Waals surface area (Å²) < 4.78 is 11.7. The van der Waals surface area contributed by atoms with Crippen LogP contribution in [0, 0.1) is 5.92 Å². The third kappa shape index (κ3) is 2.03. The summed E-state index contributed by atoms with van der Waals surface area (Å²) in [7, 11) is 0. The first-order valence-electron chi connectivity index (χ1n) is 7.95. The van der Waals surface area contributed by atoms with E-state index in [-0.39, 0.29) is 11.7 Å². The first-order chi connectivity index (χ1) is 11.2. The van der Waals surface area contributed by atoms with Crippen LogP contribution < -0.4 is 4.90 Å². The second-order valence-corrected chi connectivity index (χ2v) is 7.30. The summed E-state index contributed by atoms with van der Waals surface area (Å²) in [5.74, 6) is 1.70. The van der Waals surface area contributed by atoms with E-state index in [4.69, 9.17) is 9.15 Å². The van der Waals surface area contributed by atoms with Crippen LogP contribution in [0.4, 0.5) is 10.7 Å². The van der Waals surface area contributed by atoms with Crippen molar-refractivity contribution in [3.8, 4) is 11.5 Å². The molecule has 6 heterocycles. The molecule has 1 atom stereocenters. The van der Waals surface area contributed by atoms with E-state index in [1.807, 2.05) is 17.5 Å². The van der Waals surface area contributed by atoms with Crippen molar-refractivity contribution in [2.75, 3.05) is 31.1 Å². The van der Waals surface area contributed by atoms with E-state index in [2.05, 4.69) is 9.88 Å². The summed E-state index contributed by atoms with van der Waals surface area (Å²) in [5, 5.41) is 1.93. The molecule has 1 unspecified atom stereocenters. The second-order valence-electron chi connectivity index (χ2n) is 6.58. The molecule has 0 aliphatic carbocycles. The molecule has 6 rings (SSSR count). The summed E-state index contributed by atoms with van der Waals surface area (Å²) >= 11 is 1.52. The molecular formula is C16H17N3O3S. The first-order valence-corrected chi connectivity index (χ1v) is 8.89. The van der Waals surface area contributed by atoms with Gasteiger partial charge in [0.25, 0.3) is 0 Å². The maximum Gasteiger partial charge on any atom is 0.417 e. The lowest BCUT2D eigenvalue weighted by Gasteiger charge is -2.49. The maximum atomic E-state index is 12.4. The molecule has 4 fully saturated rings. The number of nitrogens with zero attached hydrogens (tertiary/aromatic N) is 3. The SMILES string of the molecule is O=C1OC2(CN3CCC2CC3)CN1c1ccc(-c2cscn2)o1. The van der Waals surface area contributed by atoms with Gasteiger partial charge < -0.3 is 9.15 Å². The van der Waals surface area contributed by atoms with Crippen LogP contribution >= 0.6 is 11.3 Å². The zero-order valence-electron chi connectivity index (χ0n) is 12.6. The highest BCUT2D eigenvalue weighted by molar-refractivity contribution is 7.07. The van der Waals surface area contributed by atoms with Crippen molar-refractivity contribution in [3.05, 3.63) is 23.0 Å². The molecule has 4 aliphatic heterocycles. The number of ether oxygens (including phenoxy) is 1. The third-order valence-corrected chi connectivity index (χ3v) is 5.89. The summed E-state index contributed by atoms with van der Waals surface area (Å²) in [6, 6.07) is 3.69. The largest absolute Gasteiger partial charge is 0.439 e. The zero-order chi connectivity index (χ0) is 15.4. The molecule has 23 heavy (non-hydrogen) atoms. The minimum Gasteiger partial charge on any atom is -0.439 e. The molecule has 6 nitrogen and oxygen atoms in total. The molecule has 0 N–H and O–H groups in total. The number of fused-ring (bicyclic) bond motifs is 2. The molecule has 1 amide bonds. The van der Waals surface area contributed by atoms with Gasteiger partial charge in [0.05, 0.1) is 12.1 Å². The number of piperidine rings is 3. The van der Waals surface area contributed by atoms with Gasteiger partial charge in [-0.15, -0.1) is 11.3 Å². The smallest absolute Gasteiger partial charge is 0.417 e. The minimum absolute atomic E-state index is 0.294. The molecule has 0 saturated carbocycles. The highest BCUT2D eigenvalue weighted by atomic mass is 32.1. The summed E-state index contributed by atoms with van der Waals surface area (Å²) in [6.45, 7) is 3.67. The average Bonchev–Trinajstić information content (AvgIpc) is 3.28. The van der Waals surface area contributed by atoms with E-state index in [9.17, 15) is 4.79 Å². The fraction of sp³-hybridized carbons (Fsp3) is 0.500. The summed E-state index contributed by atoms with van der Waals surface area (Å²) in [4.78, 5) is 20.7. The average molecular weight is 331 g/mol. The number of hydrogen-bond acceptors (Lipinski definition) is 6. The Labute approximate surface area is 137 Å². The lowest BCUT2D eigenvalue weighted by molar-refractivity contribution is -0.0881. The van der Waals surface area contributed by atoms with Crippen LogP contribution in [-0.2, 0) is 4.74 Å². The molecule has 4 saturated heterocycles. The van der Waals surface area contributed by atoms with Crippen molar-refractivity contribution in [1.82, 2.24) is 9.88 Å². The summed E-state index contributed by atoms with van der Waals surface area (Å²) in [5.41, 5.74) is 2.21. The number of anilines is 1. The molecule has 0 aromatic carbocycles. The number of furan rings is 1. The molecule has 0 radical (unpaired) electrons. The van der Waals surface area contributed by atoms with Crippen molar-refractivity contribution in [2.45, 2.75) is 18.4 Å². The second kappa shape index (κ2) is 4.82. The number of amides is 1. The van der Waals surface area contributed by atoms with E-state index >= 15 is 0 Å². The molecule has 2 aromatic rings. The normalized spacial score (nSPS) is 32.7. The maximum absolute atomic E-state index is 12.4. The van der Waals surface area contributed by atoms with Crippen molar-refractivity contribution in [3.63, 3.8) is 0 Å². The van der Waals surface area contributed by atoms with Gasteiger partial charge in [-0.25, -0.2) is 14.7 Å². The van der Waals surface area contributed by atoms with Gasteiger partial charge in [0, 0.05) is 23.9 Å². The first kappa shape index (κ1) is 13.6. The highest BCUT2D eigenvalue weighted by Crippen LogP contribution is 2.43. The molecule has 120 valence electrons. The fourth-order valence-electron chi connectivity index (χ4n) is 4.13. The lowest BCUT2D eigenvalue weighted by atomic mass is 9.75.